The van der Waals surface area contributed by atoms with Crippen molar-refractivity contribution >= 4 is 23.2 Å². The number of amides is 2. The van der Waals surface area contributed by atoms with Crippen molar-refractivity contribution in [3.05, 3.63) is 23.8 Å². The van der Waals surface area contributed by atoms with Crippen LogP contribution in [0.5, 0.6) is 0 Å². The number of hydrogen-bond acceptors (Lipinski definition) is 3. The summed E-state index contributed by atoms with van der Waals surface area (Å²) in [7, 11) is 4.06. The zero-order chi connectivity index (χ0) is 21.0. The lowest BCUT2D eigenvalue weighted by Gasteiger charge is -2.35. The number of carbonyl (C=O) groups is 2. The molecule has 5 heteroatoms. The average Bonchev–Trinajstić information content (AvgIpc) is 3.50. The van der Waals surface area contributed by atoms with Crippen LogP contribution in [0.4, 0.5) is 11.4 Å². The Morgan fingerprint density at radius 3 is 2.34 bits per heavy atom. The summed E-state index contributed by atoms with van der Waals surface area (Å²) < 4.78 is 0. The molecule has 0 bridgehead atoms. The molecule has 2 amide bonds. The molecule has 1 N–H and O–H groups in total. The van der Waals surface area contributed by atoms with Crippen LogP contribution in [0.25, 0.3) is 0 Å². The molecular weight excluding hydrogens is 362 g/mol. The molecule has 0 radical (unpaired) electrons. The number of nitrogens with zero attached hydrogens (tertiary/aromatic N) is 2. The molecule has 2 fully saturated rings. The van der Waals surface area contributed by atoms with Crippen LogP contribution in [0.1, 0.15) is 70.8 Å². The highest BCUT2D eigenvalue weighted by Gasteiger charge is 2.37. The molecule has 160 valence electrons. The minimum absolute atomic E-state index is 0.0433. The van der Waals surface area contributed by atoms with Crippen molar-refractivity contribution in [2.45, 2.75) is 77.8 Å². The van der Waals surface area contributed by atoms with Gasteiger partial charge in [0, 0.05) is 50.4 Å². The Morgan fingerprint density at radius 2 is 1.76 bits per heavy atom. The van der Waals surface area contributed by atoms with Gasteiger partial charge in [0.15, 0.2) is 0 Å². The molecule has 0 spiro atoms. The van der Waals surface area contributed by atoms with E-state index in [1.54, 1.807) is 0 Å². The molecule has 0 saturated heterocycles. The smallest absolute Gasteiger partial charge is 0.226 e. The quantitative estimate of drug-likeness (QED) is 0.682. The van der Waals surface area contributed by atoms with E-state index in [0.29, 0.717) is 30.8 Å². The number of rotatable bonds is 8. The zero-order valence-corrected chi connectivity index (χ0v) is 18.5. The topological polar surface area (TPSA) is 52.7 Å². The summed E-state index contributed by atoms with van der Waals surface area (Å²) in [6.07, 6.45) is 8.51. The Labute approximate surface area is 175 Å². The zero-order valence-electron chi connectivity index (χ0n) is 18.5. The summed E-state index contributed by atoms with van der Waals surface area (Å²) in [5.74, 6) is 0.930. The maximum Gasteiger partial charge on any atom is 0.226 e. The predicted octanol–water partition coefficient (Wildman–Crippen LogP) is 4.81. The molecule has 0 heterocycles. The van der Waals surface area contributed by atoms with E-state index in [-0.39, 0.29) is 11.8 Å². The van der Waals surface area contributed by atoms with Crippen molar-refractivity contribution in [2.75, 3.05) is 24.3 Å². The third kappa shape index (κ3) is 5.97. The predicted molar refractivity (Wildman–Crippen MR) is 119 cm³/mol. The van der Waals surface area contributed by atoms with Crippen LogP contribution in [0.15, 0.2) is 18.2 Å². The van der Waals surface area contributed by atoms with Gasteiger partial charge >= 0.3 is 0 Å². The number of hydrogen-bond donors (Lipinski definition) is 1. The fourth-order valence-electron chi connectivity index (χ4n) is 4.34. The molecule has 3 rings (SSSR count). The van der Waals surface area contributed by atoms with Gasteiger partial charge in [-0.2, -0.15) is 0 Å². The Kier molecular flexibility index (Phi) is 7.20. The van der Waals surface area contributed by atoms with Crippen molar-refractivity contribution < 1.29 is 9.59 Å². The van der Waals surface area contributed by atoms with Crippen molar-refractivity contribution in [1.82, 2.24) is 4.90 Å². The van der Waals surface area contributed by atoms with Crippen molar-refractivity contribution in [2.24, 2.45) is 11.8 Å². The minimum atomic E-state index is 0.0433. The maximum atomic E-state index is 13.1. The van der Waals surface area contributed by atoms with Crippen LogP contribution in [-0.4, -0.2) is 36.9 Å². The monoisotopic (exact) mass is 399 g/mol. The van der Waals surface area contributed by atoms with Crippen LogP contribution in [0, 0.1) is 11.8 Å². The second-order valence-electron chi connectivity index (χ2n) is 9.42. The van der Waals surface area contributed by atoms with E-state index in [9.17, 15) is 9.59 Å². The van der Waals surface area contributed by atoms with Crippen LogP contribution in [0.3, 0.4) is 0 Å². The number of benzene rings is 1. The summed E-state index contributed by atoms with van der Waals surface area (Å²) in [6.45, 7) is 4.72. The Bertz CT molecular complexity index is 719. The molecule has 29 heavy (non-hydrogen) atoms. The maximum absolute atomic E-state index is 13.1. The molecule has 1 aromatic rings. The van der Waals surface area contributed by atoms with E-state index in [1.165, 1.54) is 19.3 Å². The van der Waals surface area contributed by atoms with Crippen LogP contribution >= 0.6 is 0 Å². The van der Waals surface area contributed by atoms with E-state index in [4.69, 9.17) is 0 Å². The first kappa shape index (κ1) is 21.7. The standard InChI is InChI=1S/C24H37N3O2/c1-17(2)14-23(28)25-20-12-13-22(26(3)4)19(15-20)16-27(24(29)18-10-11-18)21-8-6-5-7-9-21/h12-13,15,17-18,21H,5-11,14,16H2,1-4H3,(H,25,28). The number of anilines is 2. The fourth-order valence-corrected chi connectivity index (χ4v) is 4.34. The highest BCUT2D eigenvalue weighted by Crippen LogP contribution is 2.36. The van der Waals surface area contributed by atoms with Gasteiger partial charge in [0.05, 0.1) is 0 Å². The van der Waals surface area contributed by atoms with Gasteiger partial charge in [-0.05, 0) is 55.4 Å². The Morgan fingerprint density at radius 1 is 1.07 bits per heavy atom. The Hall–Kier alpha value is -2.04. The first-order chi connectivity index (χ1) is 13.8. The molecule has 2 aliphatic rings. The van der Waals surface area contributed by atoms with Gasteiger partial charge in [0.1, 0.15) is 0 Å². The lowest BCUT2D eigenvalue weighted by molar-refractivity contribution is -0.136. The third-order valence-corrected chi connectivity index (χ3v) is 6.00. The van der Waals surface area contributed by atoms with Crippen LogP contribution < -0.4 is 10.2 Å². The molecule has 0 unspecified atom stereocenters. The highest BCUT2D eigenvalue weighted by atomic mass is 16.2. The number of carbonyl (C=O) groups excluding carboxylic acids is 2. The summed E-state index contributed by atoms with van der Waals surface area (Å²) in [5, 5.41) is 3.04. The second kappa shape index (κ2) is 9.64. The minimum Gasteiger partial charge on any atom is -0.377 e. The van der Waals surface area contributed by atoms with Crippen molar-refractivity contribution in [1.29, 1.82) is 0 Å². The first-order valence-electron chi connectivity index (χ1n) is 11.3. The first-order valence-corrected chi connectivity index (χ1v) is 11.3. The Balaban J connectivity index is 1.83. The molecule has 0 atom stereocenters. The largest absolute Gasteiger partial charge is 0.377 e. The van der Waals surface area contributed by atoms with E-state index >= 15 is 0 Å². The van der Waals surface area contributed by atoms with Gasteiger partial charge in [-0.15, -0.1) is 0 Å². The van der Waals surface area contributed by atoms with E-state index in [2.05, 4.69) is 27.2 Å². The molecule has 0 aliphatic heterocycles. The molecule has 2 aliphatic carbocycles. The molecule has 2 saturated carbocycles. The highest BCUT2D eigenvalue weighted by molar-refractivity contribution is 5.91. The van der Waals surface area contributed by atoms with Gasteiger partial charge in [0.25, 0.3) is 0 Å². The second-order valence-corrected chi connectivity index (χ2v) is 9.42. The molecule has 1 aromatic carbocycles. The van der Waals surface area contributed by atoms with E-state index in [0.717, 1.165) is 42.6 Å². The van der Waals surface area contributed by atoms with Gasteiger partial charge in [-0.3, -0.25) is 9.59 Å². The van der Waals surface area contributed by atoms with Crippen LogP contribution in [0.2, 0.25) is 0 Å². The summed E-state index contributed by atoms with van der Waals surface area (Å²) in [6, 6.07) is 6.43. The van der Waals surface area contributed by atoms with Gasteiger partial charge in [-0.25, -0.2) is 0 Å². The molecule has 0 aromatic heterocycles. The van der Waals surface area contributed by atoms with Gasteiger partial charge in [0.2, 0.25) is 11.8 Å². The molecular formula is C24H37N3O2. The lowest BCUT2D eigenvalue weighted by atomic mass is 9.93. The number of nitrogens with one attached hydrogen (secondary N) is 1. The van der Waals surface area contributed by atoms with E-state index < -0.39 is 0 Å². The summed E-state index contributed by atoms with van der Waals surface area (Å²) in [5.41, 5.74) is 3.03. The van der Waals surface area contributed by atoms with Crippen LogP contribution in [-0.2, 0) is 16.1 Å². The summed E-state index contributed by atoms with van der Waals surface area (Å²) in [4.78, 5) is 29.6. The van der Waals surface area contributed by atoms with Crippen molar-refractivity contribution in [3.63, 3.8) is 0 Å². The lowest BCUT2D eigenvalue weighted by Crippen LogP contribution is -2.42. The van der Waals surface area contributed by atoms with Crippen molar-refractivity contribution in [3.8, 4) is 0 Å². The molecule has 5 nitrogen and oxygen atoms in total. The van der Waals surface area contributed by atoms with Gasteiger partial charge < -0.3 is 15.1 Å². The van der Waals surface area contributed by atoms with Gasteiger partial charge in [-0.1, -0.05) is 33.1 Å². The third-order valence-electron chi connectivity index (χ3n) is 6.00. The SMILES string of the molecule is CC(C)CC(=O)Nc1ccc(N(C)C)c(CN(C(=O)C2CC2)C2CCCCC2)c1. The normalized spacial score (nSPS) is 17.3. The summed E-state index contributed by atoms with van der Waals surface area (Å²) >= 11 is 0. The fraction of sp³-hybridized carbons (Fsp3) is 0.667. The average molecular weight is 400 g/mol. The van der Waals surface area contributed by atoms with E-state index in [1.807, 2.05) is 34.0 Å².